The Morgan fingerprint density at radius 2 is 2.04 bits per heavy atom. The van der Waals surface area contributed by atoms with Crippen molar-refractivity contribution < 1.29 is 9.72 Å². The lowest BCUT2D eigenvalue weighted by molar-refractivity contribution is -0.385. The number of carbonyl (C=O) groups excluding carboxylic acids is 1. The van der Waals surface area contributed by atoms with Gasteiger partial charge in [-0.15, -0.1) is 0 Å². The molecule has 0 radical (unpaired) electrons. The van der Waals surface area contributed by atoms with E-state index in [1.54, 1.807) is 18.5 Å². The zero-order valence-corrected chi connectivity index (χ0v) is 15.5. The van der Waals surface area contributed by atoms with Gasteiger partial charge in [-0.25, -0.2) is 0 Å². The SMILES string of the molecule is Cc1nn(C(C)C(=O)NCCCn2nc(C)c(Cl)c2Cl)cc1[N+](=O)[O-]. The number of nitrogens with zero attached hydrogens (tertiary/aromatic N) is 5. The largest absolute Gasteiger partial charge is 0.354 e. The molecule has 1 N–H and O–H groups in total. The van der Waals surface area contributed by atoms with Gasteiger partial charge in [0.15, 0.2) is 0 Å². The van der Waals surface area contributed by atoms with Crippen LogP contribution in [0.1, 0.15) is 30.8 Å². The van der Waals surface area contributed by atoms with Gasteiger partial charge in [-0.1, -0.05) is 23.2 Å². The highest BCUT2D eigenvalue weighted by molar-refractivity contribution is 6.41. The molecule has 0 aliphatic rings. The maximum absolute atomic E-state index is 12.2. The molecule has 2 heterocycles. The van der Waals surface area contributed by atoms with E-state index in [2.05, 4.69) is 15.5 Å². The summed E-state index contributed by atoms with van der Waals surface area (Å²) in [6.45, 7) is 5.82. The van der Waals surface area contributed by atoms with E-state index in [4.69, 9.17) is 23.2 Å². The molecule has 0 fully saturated rings. The van der Waals surface area contributed by atoms with E-state index < -0.39 is 11.0 Å². The van der Waals surface area contributed by atoms with Crippen molar-refractivity contribution in [3.8, 4) is 0 Å². The Bertz CT molecular complexity index is 801. The summed E-state index contributed by atoms with van der Waals surface area (Å²) in [5, 5.41) is 22.6. The van der Waals surface area contributed by atoms with E-state index in [9.17, 15) is 14.9 Å². The van der Waals surface area contributed by atoms with Crippen molar-refractivity contribution >= 4 is 34.8 Å². The van der Waals surface area contributed by atoms with Gasteiger partial charge < -0.3 is 5.32 Å². The molecule has 1 amide bonds. The molecular formula is C14H18Cl2N6O3. The highest BCUT2D eigenvalue weighted by Crippen LogP contribution is 2.25. The van der Waals surface area contributed by atoms with Gasteiger partial charge in [0, 0.05) is 13.1 Å². The van der Waals surface area contributed by atoms with Gasteiger partial charge in [-0.05, 0) is 27.2 Å². The summed E-state index contributed by atoms with van der Waals surface area (Å²) in [6, 6.07) is -0.655. The summed E-state index contributed by atoms with van der Waals surface area (Å²) in [5.74, 6) is -0.279. The van der Waals surface area contributed by atoms with Crippen molar-refractivity contribution in [3.05, 3.63) is 37.9 Å². The molecule has 0 aliphatic carbocycles. The van der Waals surface area contributed by atoms with Crippen molar-refractivity contribution in [1.29, 1.82) is 0 Å². The van der Waals surface area contributed by atoms with Gasteiger partial charge in [-0.3, -0.25) is 24.3 Å². The molecule has 0 saturated carbocycles. The summed E-state index contributed by atoms with van der Waals surface area (Å²) in [6.07, 6.45) is 1.86. The summed E-state index contributed by atoms with van der Waals surface area (Å²) in [4.78, 5) is 22.5. The Morgan fingerprint density at radius 3 is 2.56 bits per heavy atom. The molecule has 2 rings (SSSR count). The molecule has 2 aromatic heterocycles. The van der Waals surface area contributed by atoms with Crippen LogP contribution in [0.25, 0.3) is 0 Å². The molecular weight excluding hydrogens is 371 g/mol. The second-order valence-electron chi connectivity index (χ2n) is 5.57. The summed E-state index contributed by atoms with van der Waals surface area (Å²) in [7, 11) is 0. The molecule has 2 aromatic rings. The molecule has 0 aliphatic heterocycles. The fourth-order valence-corrected chi connectivity index (χ4v) is 2.63. The predicted molar refractivity (Wildman–Crippen MR) is 92.9 cm³/mol. The fraction of sp³-hybridized carbons (Fsp3) is 0.500. The number of aryl methyl sites for hydroxylation is 3. The number of carbonyl (C=O) groups is 1. The molecule has 1 atom stereocenters. The zero-order valence-electron chi connectivity index (χ0n) is 14.0. The molecule has 0 saturated heterocycles. The normalized spacial score (nSPS) is 12.2. The number of nitrogens with one attached hydrogen (secondary N) is 1. The first-order valence-electron chi connectivity index (χ1n) is 7.58. The number of nitro groups is 1. The van der Waals surface area contributed by atoms with Gasteiger partial charge in [-0.2, -0.15) is 10.2 Å². The standard InChI is InChI=1S/C14H18Cl2N6O3/c1-8-11(22(24)25)7-21(18-8)10(3)14(23)17-5-4-6-20-13(16)12(15)9(2)19-20/h7,10H,4-6H2,1-3H3,(H,17,23). The molecule has 9 nitrogen and oxygen atoms in total. The number of amides is 1. The summed E-state index contributed by atoms with van der Waals surface area (Å²) < 4.78 is 2.87. The van der Waals surface area contributed by atoms with Crippen molar-refractivity contribution in [2.75, 3.05) is 6.54 Å². The van der Waals surface area contributed by atoms with Crippen molar-refractivity contribution in [1.82, 2.24) is 24.9 Å². The van der Waals surface area contributed by atoms with Crippen LogP contribution < -0.4 is 5.32 Å². The van der Waals surface area contributed by atoms with Crippen molar-refractivity contribution in [2.45, 2.75) is 39.8 Å². The topological polar surface area (TPSA) is 108 Å². The van der Waals surface area contributed by atoms with E-state index in [0.29, 0.717) is 35.4 Å². The van der Waals surface area contributed by atoms with Crippen LogP contribution >= 0.6 is 23.2 Å². The number of hydrogen-bond acceptors (Lipinski definition) is 5. The van der Waals surface area contributed by atoms with Crippen molar-refractivity contribution in [3.63, 3.8) is 0 Å². The van der Waals surface area contributed by atoms with E-state index in [1.165, 1.54) is 17.8 Å². The first-order chi connectivity index (χ1) is 11.7. The average Bonchev–Trinajstić information content (AvgIpc) is 3.06. The Labute approximate surface area is 154 Å². The molecule has 11 heteroatoms. The van der Waals surface area contributed by atoms with Crippen LogP contribution in [0.5, 0.6) is 0 Å². The number of aromatic nitrogens is 4. The van der Waals surface area contributed by atoms with Crippen LogP contribution in [0.4, 0.5) is 5.69 Å². The minimum absolute atomic E-state index is 0.111. The quantitative estimate of drug-likeness (QED) is 0.445. The van der Waals surface area contributed by atoms with Crippen LogP contribution in [-0.4, -0.2) is 36.9 Å². The lowest BCUT2D eigenvalue weighted by atomic mass is 10.3. The predicted octanol–water partition coefficient (Wildman–Crippen LogP) is 2.68. The van der Waals surface area contributed by atoms with Crippen LogP contribution in [0.2, 0.25) is 10.2 Å². The molecule has 25 heavy (non-hydrogen) atoms. The van der Waals surface area contributed by atoms with E-state index in [0.717, 1.165) is 0 Å². The van der Waals surface area contributed by atoms with Gasteiger partial charge in [0.25, 0.3) is 0 Å². The first-order valence-corrected chi connectivity index (χ1v) is 8.34. The highest BCUT2D eigenvalue weighted by atomic mass is 35.5. The minimum atomic E-state index is -0.655. The van der Waals surface area contributed by atoms with Crippen LogP contribution in [0.15, 0.2) is 6.20 Å². The maximum Gasteiger partial charge on any atom is 0.309 e. The van der Waals surface area contributed by atoms with Gasteiger partial charge in [0.2, 0.25) is 5.91 Å². The third-order valence-electron chi connectivity index (χ3n) is 3.71. The van der Waals surface area contributed by atoms with Crippen molar-refractivity contribution in [2.24, 2.45) is 0 Å². The van der Waals surface area contributed by atoms with E-state index >= 15 is 0 Å². The van der Waals surface area contributed by atoms with Gasteiger partial charge >= 0.3 is 5.69 Å². The second kappa shape index (κ2) is 7.83. The van der Waals surface area contributed by atoms with E-state index in [1.807, 2.05) is 0 Å². The third kappa shape index (κ3) is 4.29. The zero-order chi connectivity index (χ0) is 18.7. The number of rotatable bonds is 7. The van der Waals surface area contributed by atoms with E-state index in [-0.39, 0.29) is 17.3 Å². The summed E-state index contributed by atoms with van der Waals surface area (Å²) >= 11 is 12.0. The van der Waals surface area contributed by atoms with Crippen LogP contribution in [0, 0.1) is 24.0 Å². The Kier molecular flexibility index (Phi) is 6.02. The smallest absolute Gasteiger partial charge is 0.309 e. The average molecular weight is 389 g/mol. The van der Waals surface area contributed by atoms with Crippen LogP contribution in [0.3, 0.4) is 0 Å². The Morgan fingerprint density at radius 1 is 1.36 bits per heavy atom. The Hall–Kier alpha value is -2.13. The molecule has 1 unspecified atom stereocenters. The second-order valence-corrected chi connectivity index (χ2v) is 6.31. The number of hydrogen-bond donors (Lipinski definition) is 1. The first kappa shape index (κ1) is 19.2. The van der Waals surface area contributed by atoms with Gasteiger partial charge in [0.05, 0.1) is 10.6 Å². The monoisotopic (exact) mass is 388 g/mol. The molecule has 136 valence electrons. The van der Waals surface area contributed by atoms with Gasteiger partial charge in [0.1, 0.15) is 28.1 Å². The minimum Gasteiger partial charge on any atom is -0.354 e. The lowest BCUT2D eigenvalue weighted by Gasteiger charge is -2.12. The third-order valence-corrected chi connectivity index (χ3v) is 4.64. The molecule has 0 aromatic carbocycles. The lowest BCUT2D eigenvalue weighted by Crippen LogP contribution is -2.32. The maximum atomic E-state index is 12.2. The molecule has 0 spiro atoms. The fourth-order valence-electron chi connectivity index (χ4n) is 2.24. The Balaban J connectivity index is 1.86. The van der Waals surface area contributed by atoms with Crippen LogP contribution in [-0.2, 0) is 11.3 Å². The molecule has 0 bridgehead atoms. The number of halogens is 2. The summed E-state index contributed by atoms with van der Waals surface area (Å²) in [5.41, 5.74) is 0.811. The highest BCUT2D eigenvalue weighted by Gasteiger charge is 2.21.